The van der Waals surface area contributed by atoms with Crippen LogP contribution in [0.1, 0.15) is 89.4 Å². The molecule has 4 rings (SSSR count). The molecule has 0 bridgehead atoms. The average Bonchev–Trinajstić information content (AvgIpc) is 3.00. The maximum absolute atomic E-state index is 13.6. The van der Waals surface area contributed by atoms with Gasteiger partial charge in [-0.1, -0.05) is 62.9 Å². The van der Waals surface area contributed by atoms with E-state index in [1.54, 1.807) is 24.5 Å². The molecule has 41 heavy (non-hydrogen) atoms. The summed E-state index contributed by atoms with van der Waals surface area (Å²) in [5, 5.41) is 6.75. The van der Waals surface area contributed by atoms with Crippen molar-refractivity contribution in [3.05, 3.63) is 94.8 Å². The third-order valence-corrected chi connectivity index (χ3v) is 8.03. The molecule has 0 spiro atoms. The Labute approximate surface area is 245 Å². The van der Waals surface area contributed by atoms with Crippen LogP contribution in [0.2, 0.25) is 0 Å². The van der Waals surface area contributed by atoms with Gasteiger partial charge in [-0.05, 0) is 80.9 Å². The first kappa shape index (κ1) is 30.4. The molecule has 2 N–H and O–H groups in total. The molecular weight excluding hydrogens is 510 g/mol. The highest BCUT2D eigenvalue weighted by atomic mass is 16.2. The van der Waals surface area contributed by atoms with Crippen LogP contribution in [0.4, 0.5) is 5.69 Å². The number of amides is 2. The molecule has 2 aromatic carbocycles. The van der Waals surface area contributed by atoms with Crippen molar-refractivity contribution in [1.82, 2.24) is 20.5 Å². The molecule has 218 valence electrons. The van der Waals surface area contributed by atoms with E-state index in [1.807, 2.05) is 23.1 Å². The van der Waals surface area contributed by atoms with Gasteiger partial charge in [-0.2, -0.15) is 0 Å². The molecule has 2 heterocycles. The molecule has 0 radical (unpaired) electrons. The highest BCUT2D eigenvalue weighted by Gasteiger charge is 2.23. The maximum Gasteiger partial charge on any atom is 0.258 e. The van der Waals surface area contributed by atoms with Gasteiger partial charge in [0.25, 0.3) is 11.8 Å². The number of rotatable bonds is 8. The van der Waals surface area contributed by atoms with E-state index >= 15 is 0 Å². The predicted octanol–water partition coefficient (Wildman–Crippen LogP) is 5.90. The number of hydrogen-bond acceptors (Lipinski definition) is 5. The number of anilines is 1. The molecule has 0 saturated heterocycles. The van der Waals surface area contributed by atoms with Gasteiger partial charge in [0.05, 0.1) is 6.04 Å². The van der Waals surface area contributed by atoms with E-state index < -0.39 is 0 Å². The number of hydrogen-bond donors (Lipinski definition) is 2. The first-order valence-electron chi connectivity index (χ1n) is 15.2. The number of carbonyl (C=O) groups excluding carboxylic acids is 2. The largest absolute Gasteiger partial charge is 0.350 e. The summed E-state index contributed by atoms with van der Waals surface area (Å²) in [7, 11) is 0. The topological polar surface area (TPSA) is 77.6 Å². The van der Waals surface area contributed by atoms with E-state index in [-0.39, 0.29) is 17.9 Å². The summed E-state index contributed by atoms with van der Waals surface area (Å²) in [6.07, 6.45) is 8.81. The van der Waals surface area contributed by atoms with Crippen LogP contribution < -0.4 is 15.5 Å². The summed E-state index contributed by atoms with van der Waals surface area (Å²) in [6.45, 7) is 10.9. The lowest BCUT2D eigenvalue weighted by atomic mass is 10.0. The molecule has 0 saturated carbocycles. The normalized spacial score (nSPS) is 15.4. The number of aryl methyl sites for hydroxylation is 1. The highest BCUT2D eigenvalue weighted by Crippen LogP contribution is 2.26. The smallest absolute Gasteiger partial charge is 0.258 e. The third kappa shape index (κ3) is 8.24. The quantitative estimate of drug-likeness (QED) is 0.362. The minimum atomic E-state index is -0.102. The van der Waals surface area contributed by atoms with Crippen LogP contribution in [0.3, 0.4) is 0 Å². The third-order valence-electron chi connectivity index (χ3n) is 8.03. The van der Waals surface area contributed by atoms with Crippen LogP contribution in [0.25, 0.3) is 0 Å². The van der Waals surface area contributed by atoms with Crippen molar-refractivity contribution >= 4 is 17.5 Å². The number of fused-ring (bicyclic) bond motifs is 1. The Kier molecular flexibility index (Phi) is 11.5. The summed E-state index contributed by atoms with van der Waals surface area (Å²) in [5.41, 5.74) is 5.46. The van der Waals surface area contributed by atoms with E-state index in [1.165, 1.54) is 24.0 Å². The molecule has 1 aliphatic rings. The van der Waals surface area contributed by atoms with E-state index in [9.17, 15) is 9.59 Å². The molecule has 2 amide bonds. The molecule has 1 atom stereocenters. The lowest BCUT2D eigenvalue weighted by Crippen LogP contribution is -2.38. The van der Waals surface area contributed by atoms with Gasteiger partial charge >= 0.3 is 0 Å². The van der Waals surface area contributed by atoms with Crippen LogP contribution >= 0.6 is 0 Å². The molecule has 1 aromatic heterocycles. The van der Waals surface area contributed by atoms with Gasteiger partial charge in [0.2, 0.25) is 0 Å². The summed E-state index contributed by atoms with van der Waals surface area (Å²) < 4.78 is 0. The molecule has 7 heteroatoms. The van der Waals surface area contributed by atoms with E-state index in [4.69, 9.17) is 0 Å². The second-order valence-electron chi connectivity index (χ2n) is 10.8. The fourth-order valence-corrected chi connectivity index (χ4v) is 5.59. The lowest BCUT2D eigenvalue weighted by Gasteiger charge is -2.30. The number of likely N-dealkylation sites (N-methyl/N-ethyl adjacent to an activating group) is 1. The van der Waals surface area contributed by atoms with Gasteiger partial charge in [0.15, 0.2) is 0 Å². The van der Waals surface area contributed by atoms with Gasteiger partial charge in [-0.15, -0.1) is 0 Å². The Morgan fingerprint density at radius 1 is 0.927 bits per heavy atom. The monoisotopic (exact) mass is 555 g/mol. The number of aromatic nitrogens is 1. The lowest BCUT2D eigenvalue weighted by molar-refractivity contribution is 0.0934. The number of benzene rings is 2. The van der Waals surface area contributed by atoms with Crippen LogP contribution in [-0.4, -0.2) is 54.4 Å². The zero-order valence-corrected chi connectivity index (χ0v) is 24.9. The van der Waals surface area contributed by atoms with Crippen molar-refractivity contribution in [3.8, 4) is 0 Å². The number of nitrogens with one attached hydrogen (secondary N) is 2. The first-order chi connectivity index (χ1) is 20.0. The van der Waals surface area contributed by atoms with Gasteiger partial charge in [0.1, 0.15) is 0 Å². The van der Waals surface area contributed by atoms with Crippen molar-refractivity contribution in [2.75, 3.05) is 37.6 Å². The predicted molar refractivity (Wildman–Crippen MR) is 166 cm³/mol. The summed E-state index contributed by atoms with van der Waals surface area (Å²) in [5.74, 6) is -0.140. The Morgan fingerprint density at radius 3 is 2.37 bits per heavy atom. The Balaban J connectivity index is 1.59. The number of carbonyl (C=O) groups is 2. The van der Waals surface area contributed by atoms with Crippen molar-refractivity contribution in [2.24, 2.45) is 0 Å². The van der Waals surface area contributed by atoms with Crippen molar-refractivity contribution in [2.45, 2.75) is 65.5 Å². The van der Waals surface area contributed by atoms with Gasteiger partial charge in [-0.25, -0.2) is 0 Å². The second kappa shape index (κ2) is 15.5. The molecule has 0 aliphatic carbocycles. The van der Waals surface area contributed by atoms with E-state index in [0.29, 0.717) is 30.8 Å². The molecule has 0 fully saturated rings. The van der Waals surface area contributed by atoms with Gasteiger partial charge in [0, 0.05) is 48.8 Å². The van der Waals surface area contributed by atoms with Crippen molar-refractivity contribution in [1.29, 1.82) is 0 Å². The fourth-order valence-electron chi connectivity index (χ4n) is 5.59. The van der Waals surface area contributed by atoms with Crippen LogP contribution in [0.15, 0.2) is 67.0 Å². The second-order valence-corrected chi connectivity index (χ2v) is 10.8. The maximum atomic E-state index is 13.6. The molecule has 1 unspecified atom stereocenters. The standard InChI is InChI=1S/C34H45N5O2/c1-4-38(5-2)32(27-13-11-26(3)12-14-27)25-37-33(40)29-15-16-31-30(23-29)24-36-19-9-7-6-8-10-22-39(31)34(41)28-17-20-35-21-18-28/h11-18,20-21,23,32,36H,4-10,19,22,24-25H2,1-3H3,(H,37,40). The highest BCUT2D eigenvalue weighted by molar-refractivity contribution is 6.06. The van der Waals surface area contributed by atoms with Crippen LogP contribution in [-0.2, 0) is 6.54 Å². The molecular formula is C34H45N5O2. The average molecular weight is 556 g/mol. The SMILES string of the molecule is CCN(CC)C(CNC(=O)c1ccc2c(c1)CNCCCCCCCN2C(=O)c1ccncc1)c1ccc(C)cc1. The van der Waals surface area contributed by atoms with Crippen molar-refractivity contribution < 1.29 is 9.59 Å². The number of nitrogens with zero attached hydrogens (tertiary/aromatic N) is 3. The minimum absolute atomic E-state index is 0.0388. The molecule has 3 aromatic rings. The van der Waals surface area contributed by atoms with Crippen molar-refractivity contribution in [3.63, 3.8) is 0 Å². The summed E-state index contributed by atoms with van der Waals surface area (Å²) in [6, 6.07) is 17.9. The number of pyridine rings is 1. The van der Waals surface area contributed by atoms with E-state index in [2.05, 4.69) is 65.6 Å². The zero-order chi connectivity index (χ0) is 29.0. The Hall–Kier alpha value is -3.55. The van der Waals surface area contributed by atoms with Crippen LogP contribution in [0, 0.1) is 6.92 Å². The van der Waals surface area contributed by atoms with Crippen LogP contribution in [0.5, 0.6) is 0 Å². The first-order valence-corrected chi connectivity index (χ1v) is 15.2. The Morgan fingerprint density at radius 2 is 1.63 bits per heavy atom. The Bertz CT molecular complexity index is 1260. The minimum Gasteiger partial charge on any atom is -0.350 e. The molecule has 1 aliphatic heterocycles. The summed E-state index contributed by atoms with van der Waals surface area (Å²) in [4.78, 5) is 35.5. The van der Waals surface area contributed by atoms with Gasteiger partial charge in [-0.3, -0.25) is 19.5 Å². The van der Waals surface area contributed by atoms with Gasteiger partial charge < -0.3 is 15.5 Å². The molecule has 7 nitrogen and oxygen atoms in total. The zero-order valence-electron chi connectivity index (χ0n) is 24.9. The summed E-state index contributed by atoms with van der Waals surface area (Å²) >= 11 is 0. The van der Waals surface area contributed by atoms with E-state index in [0.717, 1.165) is 50.1 Å². The fraction of sp³-hybridized carbons (Fsp3) is 0.441.